The Morgan fingerprint density at radius 1 is 1.05 bits per heavy atom. The molecule has 104 valence electrons. The summed E-state index contributed by atoms with van der Waals surface area (Å²) in [4.78, 5) is 22.9. The highest BCUT2D eigenvalue weighted by Gasteiger charge is 2.21. The number of phenols is 1. The van der Waals surface area contributed by atoms with Crippen LogP contribution in [0.1, 0.15) is 5.56 Å². The molecule has 0 bridgehead atoms. The van der Waals surface area contributed by atoms with Crippen LogP contribution in [0.3, 0.4) is 0 Å². The fourth-order valence-corrected chi connectivity index (χ4v) is 1.30. The molecule has 0 saturated heterocycles. The molecule has 0 aliphatic rings. The van der Waals surface area contributed by atoms with Crippen LogP contribution < -0.4 is 0 Å². The van der Waals surface area contributed by atoms with Gasteiger partial charge in [0.2, 0.25) is 0 Å². The molecule has 0 unspecified atom stereocenters. The lowest BCUT2D eigenvalue weighted by Gasteiger charge is -1.99. The molecule has 0 fully saturated rings. The number of hydrogen-bond acceptors (Lipinski definition) is 6. The molecule has 1 aromatic heterocycles. The van der Waals surface area contributed by atoms with E-state index in [1.54, 1.807) is 12.4 Å². The summed E-state index contributed by atoms with van der Waals surface area (Å²) in [6.45, 7) is 1.36. The highest BCUT2D eigenvalue weighted by molar-refractivity contribution is 5.57. The number of nitro benzene ring substituents is 2. The predicted octanol–water partition coefficient (Wildman–Crippen LogP) is 2.60. The first-order valence-electron chi connectivity index (χ1n) is 5.41. The first-order valence-corrected chi connectivity index (χ1v) is 5.41. The summed E-state index contributed by atoms with van der Waals surface area (Å²) in [5.41, 5.74) is -0.963. The van der Waals surface area contributed by atoms with E-state index in [9.17, 15) is 25.3 Å². The molecule has 8 heteroatoms. The second-order valence-electron chi connectivity index (χ2n) is 3.67. The SMILES string of the molecule is Cc1cc([N+](=O)[O-])cc([N+](=O)[O-])c1O.c1ccncc1. The molecule has 0 aliphatic heterocycles. The van der Waals surface area contributed by atoms with Crippen molar-refractivity contribution < 1.29 is 15.0 Å². The fraction of sp³-hybridized carbons (Fsp3) is 0.0833. The second kappa shape index (κ2) is 6.78. The van der Waals surface area contributed by atoms with Crippen LogP contribution in [-0.2, 0) is 0 Å². The molecule has 1 N–H and O–H groups in total. The van der Waals surface area contributed by atoms with Crippen LogP contribution in [0.2, 0.25) is 0 Å². The smallest absolute Gasteiger partial charge is 0.317 e. The third-order valence-corrected chi connectivity index (χ3v) is 2.24. The lowest BCUT2D eigenvalue weighted by molar-refractivity contribution is -0.394. The third-order valence-electron chi connectivity index (χ3n) is 2.24. The van der Waals surface area contributed by atoms with Gasteiger partial charge in [-0.25, -0.2) is 0 Å². The van der Waals surface area contributed by atoms with E-state index in [0.29, 0.717) is 0 Å². The van der Waals surface area contributed by atoms with Gasteiger partial charge < -0.3 is 5.11 Å². The minimum Gasteiger partial charge on any atom is -0.502 e. The number of benzene rings is 1. The highest BCUT2D eigenvalue weighted by Crippen LogP contribution is 2.33. The number of rotatable bonds is 2. The molecule has 0 spiro atoms. The maximum absolute atomic E-state index is 10.4. The average Bonchev–Trinajstić information content (AvgIpc) is 2.43. The zero-order valence-electron chi connectivity index (χ0n) is 10.5. The molecule has 1 heterocycles. The minimum atomic E-state index is -0.866. The number of non-ortho nitro benzene ring substituents is 1. The minimum absolute atomic E-state index is 0.103. The topological polar surface area (TPSA) is 119 Å². The van der Waals surface area contributed by atoms with Crippen molar-refractivity contribution in [1.29, 1.82) is 0 Å². The average molecular weight is 277 g/mol. The van der Waals surface area contributed by atoms with Crippen LogP contribution in [0.4, 0.5) is 11.4 Å². The van der Waals surface area contributed by atoms with Crippen molar-refractivity contribution >= 4 is 11.4 Å². The van der Waals surface area contributed by atoms with E-state index in [1.165, 1.54) is 6.92 Å². The Balaban J connectivity index is 0.000000276. The van der Waals surface area contributed by atoms with E-state index in [4.69, 9.17) is 0 Å². The van der Waals surface area contributed by atoms with Gasteiger partial charge in [-0.15, -0.1) is 0 Å². The van der Waals surface area contributed by atoms with Gasteiger partial charge in [0.1, 0.15) is 0 Å². The van der Waals surface area contributed by atoms with E-state index in [-0.39, 0.29) is 5.56 Å². The first kappa shape index (κ1) is 15.0. The number of hydrogen-bond donors (Lipinski definition) is 1. The van der Waals surface area contributed by atoms with Gasteiger partial charge in [-0.05, 0) is 19.1 Å². The van der Waals surface area contributed by atoms with Crippen molar-refractivity contribution in [2.75, 3.05) is 0 Å². The van der Waals surface area contributed by atoms with Gasteiger partial charge in [-0.2, -0.15) is 0 Å². The number of phenolic OH excluding ortho intramolecular Hbond substituents is 1. The fourth-order valence-electron chi connectivity index (χ4n) is 1.30. The van der Waals surface area contributed by atoms with E-state index in [2.05, 4.69) is 4.98 Å². The summed E-state index contributed by atoms with van der Waals surface area (Å²) in [6, 6.07) is 7.51. The Bertz CT molecular complexity index is 589. The normalized spacial score (nSPS) is 9.25. The van der Waals surface area contributed by atoms with Crippen LogP contribution in [0.5, 0.6) is 5.75 Å². The molecule has 0 radical (unpaired) electrons. The van der Waals surface area contributed by atoms with Crippen molar-refractivity contribution in [2.24, 2.45) is 0 Å². The van der Waals surface area contributed by atoms with Crippen LogP contribution >= 0.6 is 0 Å². The highest BCUT2D eigenvalue weighted by atomic mass is 16.6. The van der Waals surface area contributed by atoms with Crippen LogP contribution in [0.15, 0.2) is 42.7 Å². The zero-order valence-corrected chi connectivity index (χ0v) is 10.5. The molecular formula is C12H11N3O5. The predicted molar refractivity (Wildman–Crippen MR) is 70.4 cm³/mol. The van der Waals surface area contributed by atoms with E-state index in [1.807, 2.05) is 18.2 Å². The van der Waals surface area contributed by atoms with Gasteiger partial charge in [-0.1, -0.05) is 6.07 Å². The Hall–Kier alpha value is -3.03. The molecule has 20 heavy (non-hydrogen) atoms. The number of pyridine rings is 1. The summed E-state index contributed by atoms with van der Waals surface area (Å²) in [5.74, 6) is -0.541. The Morgan fingerprint density at radius 2 is 1.65 bits per heavy atom. The monoisotopic (exact) mass is 277 g/mol. The van der Waals surface area contributed by atoms with Gasteiger partial charge in [0, 0.05) is 24.0 Å². The van der Waals surface area contributed by atoms with E-state index in [0.717, 1.165) is 12.1 Å². The lowest BCUT2D eigenvalue weighted by atomic mass is 10.1. The molecular weight excluding hydrogens is 266 g/mol. The lowest BCUT2D eigenvalue weighted by Crippen LogP contribution is -1.94. The van der Waals surface area contributed by atoms with Crippen LogP contribution in [-0.4, -0.2) is 19.9 Å². The van der Waals surface area contributed by atoms with Gasteiger partial charge in [-0.3, -0.25) is 25.2 Å². The Kier molecular flexibility index (Phi) is 5.10. The van der Waals surface area contributed by atoms with Gasteiger partial charge in [0.15, 0.2) is 5.75 Å². The molecule has 0 aliphatic carbocycles. The number of nitro groups is 2. The van der Waals surface area contributed by atoms with Gasteiger partial charge >= 0.3 is 5.69 Å². The van der Waals surface area contributed by atoms with Crippen molar-refractivity contribution in [3.8, 4) is 5.75 Å². The quantitative estimate of drug-likeness (QED) is 0.665. The summed E-state index contributed by atoms with van der Waals surface area (Å²) in [6.07, 6.45) is 3.50. The van der Waals surface area contributed by atoms with Crippen molar-refractivity contribution in [1.82, 2.24) is 4.98 Å². The van der Waals surface area contributed by atoms with Crippen LogP contribution in [0, 0.1) is 27.2 Å². The number of aromatic nitrogens is 1. The zero-order chi connectivity index (χ0) is 15.1. The Labute approximate surface area is 113 Å². The summed E-state index contributed by atoms with van der Waals surface area (Å²) < 4.78 is 0. The molecule has 0 amide bonds. The van der Waals surface area contributed by atoms with Crippen molar-refractivity contribution in [3.05, 3.63) is 68.5 Å². The van der Waals surface area contributed by atoms with Crippen molar-refractivity contribution in [3.63, 3.8) is 0 Å². The van der Waals surface area contributed by atoms with Gasteiger partial charge in [0.05, 0.1) is 15.9 Å². The molecule has 2 rings (SSSR count). The number of aromatic hydroxyl groups is 1. The summed E-state index contributed by atoms with van der Waals surface area (Å²) >= 11 is 0. The second-order valence-corrected chi connectivity index (χ2v) is 3.67. The molecule has 0 atom stereocenters. The first-order chi connectivity index (χ1) is 9.43. The Morgan fingerprint density at radius 3 is 2.00 bits per heavy atom. The number of nitrogens with zero attached hydrogens (tertiary/aromatic N) is 3. The standard InChI is InChI=1S/C7H6N2O5.C5H5N/c1-4-2-5(8(11)12)3-6(7(4)10)9(13)14;1-2-4-6-5-3-1/h2-3,10H,1H3;1-5H. The summed E-state index contributed by atoms with van der Waals surface area (Å²) in [5, 5.41) is 29.9. The summed E-state index contributed by atoms with van der Waals surface area (Å²) in [7, 11) is 0. The molecule has 0 saturated carbocycles. The van der Waals surface area contributed by atoms with E-state index >= 15 is 0 Å². The van der Waals surface area contributed by atoms with Gasteiger partial charge in [0.25, 0.3) is 5.69 Å². The largest absolute Gasteiger partial charge is 0.502 e. The molecule has 8 nitrogen and oxygen atoms in total. The van der Waals surface area contributed by atoms with Crippen molar-refractivity contribution in [2.45, 2.75) is 6.92 Å². The van der Waals surface area contributed by atoms with E-state index < -0.39 is 27.0 Å². The molecule has 1 aromatic carbocycles. The number of aryl methyl sites for hydroxylation is 1. The third kappa shape index (κ3) is 4.02. The molecule has 2 aromatic rings. The van der Waals surface area contributed by atoms with Crippen LogP contribution in [0.25, 0.3) is 0 Å². The maximum atomic E-state index is 10.4. The maximum Gasteiger partial charge on any atom is 0.317 e.